The van der Waals surface area contributed by atoms with Gasteiger partial charge < -0.3 is 9.84 Å². The molecule has 94 valence electrons. The SMILES string of the molecule is Cc1nnsc1C(O)c1cccc(OC2CC2)c1. The van der Waals surface area contributed by atoms with Crippen molar-refractivity contribution in [2.75, 3.05) is 0 Å². The Hall–Kier alpha value is -1.46. The lowest BCUT2D eigenvalue weighted by Gasteiger charge is -2.11. The van der Waals surface area contributed by atoms with E-state index in [-0.39, 0.29) is 0 Å². The van der Waals surface area contributed by atoms with Crippen molar-refractivity contribution < 1.29 is 9.84 Å². The van der Waals surface area contributed by atoms with Crippen molar-refractivity contribution in [2.45, 2.75) is 32.0 Å². The van der Waals surface area contributed by atoms with Crippen LogP contribution in [0.1, 0.15) is 35.1 Å². The van der Waals surface area contributed by atoms with Crippen molar-refractivity contribution in [3.05, 3.63) is 40.4 Å². The van der Waals surface area contributed by atoms with Crippen LogP contribution in [0.3, 0.4) is 0 Å². The first-order chi connectivity index (χ1) is 8.74. The molecule has 1 atom stereocenters. The fraction of sp³-hybridized carbons (Fsp3) is 0.385. The van der Waals surface area contributed by atoms with Gasteiger partial charge in [-0.25, -0.2) is 0 Å². The van der Waals surface area contributed by atoms with Gasteiger partial charge in [0.1, 0.15) is 11.9 Å². The molecule has 0 aliphatic heterocycles. The van der Waals surface area contributed by atoms with Gasteiger partial charge in [0.2, 0.25) is 0 Å². The lowest BCUT2D eigenvalue weighted by molar-refractivity contribution is 0.222. The second-order valence-corrected chi connectivity index (χ2v) is 5.30. The third-order valence-electron chi connectivity index (χ3n) is 2.94. The van der Waals surface area contributed by atoms with E-state index >= 15 is 0 Å². The van der Waals surface area contributed by atoms with Gasteiger partial charge in [0, 0.05) is 0 Å². The monoisotopic (exact) mass is 262 g/mol. The van der Waals surface area contributed by atoms with E-state index in [1.165, 1.54) is 11.5 Å². The first kappa shape index (κ1) is 11.6. The Labute approximate surface area is 109 Å². The van der Waals surface area contributed by atoms with Crippen LogP contribution in [0.4, 0.5) is 0 Å². The van der Waals surface area contributed by atoms with Gasteiger partial charge in [-0.15, -0.1) is 5.10 Å². The summed E-state index contributed by atoms with van der Waals surface area (Å²) in [5.74, 6) is 0.823. The molecular weight excluding hydrogens is 248 g/mol. The van der Waals surface area contributed by atoms with Crippen LogP contribution >= 0.6 is 11.5 Å². The molecule has 18 heavy (non-hydrogen) atoms. The number of hydrogen-bond donors (Lipinski definition) is 1. The molecule has 0 spiro atoms. The maximum absolute atomic E-state index is 10.3. The number of hydrogen-bond acceptors (Lipinski definition) is 5. The molecule has 4 nitrogen and oxygen atoms in total. The van der Waals surface area contributed by atoms with Gasteiger partial charge in [-0.2, -0.15) is 0 Å². The zero-order chi connectivity index (χ0) is 12.5. The Morgan fingerprint density at radius 3 is 2.94 bits per heavy atom. The summed E-state index contributed by atoms with van der Waals surface area (Å²) in [6.45, 7) is 1.85. The third kappa shape index (κ3) is 2.37. The summed E-state index contributed by atoms with van der Waals surface area (Å²) in [4.78, 5) is 0.790. The van der Waals surface area contributed by atoms with Crippen LogP contribution in [-0.4, -0.2) is 20.8 Å². The van der Waals surface area contributed by atoms with Crippen LogP contribution in [-0.2, 0) is 0 Å². The Morgan fingerprint density at radius 2 is 2.28 bits per heavy atom. The van der Waals surface area contributed by atoms with E-state index in [4.69, 9.17) is 4.74 Å². The molecule has 2 aromatic rings. The summed E-state index contributed by atoms with van der Waals surface area (Å²) in [5, 5.41) is 14.2. The molecule has 1 heterocycles. The average Bonchev–Trinajstić information content (AvgIpc) is 3.08. The Morgan fingerprint density at radius 1 is 1.44 bits per heavy atom. The molecule has 0 radical (unpaired) electrons. The zero-order valence-corrected chi connectivity index (χ0v) is 10.9. The first-order valence-electron chi connectivity index (χ1n) is 5.97. The number of ether oxygens (including phenoxy) is 1. The second kappa shape index (κ2) is 4.66. The van der Waals surface area contributed by atoms with E-state index in [1.54, 1.807) is 0 Å². The molecule has 1 unspecified atom stereocenters. The van der Waals surface area contributed by atoms with Crippen molar-refractivity contribution in [3.8, 4) is 5.75 Å². The van der Waals surface area contributed by atoms with Crippen LogP contribution < -0.4 is 4.74 Å². The van der Waals surface area contributed by atoms with Crippen LogP contribution in [0.25, 0.3) is 0 Å². The number of aromatic nitrogens is 2. The van der Waals surface area contributed by atoms with Crippen molar-refractivity contribution in [1.29, 1.82) is 0 Å². The molecular formula is C13H14N2O2S. The molecule has 1 N–H and O–H groups in total. The molecule has 1 aromatic heterocycles. The van der Waals surface area contributed by atoms with Gasteiger partial charge in [-0.05, 0) is 49.0 Å². The van der Waals surface area contributed by atoms with Gasteiger partial charge in [0.05, 0.1) is 16.7 Å². The summed E-state index contributed by atoms with van der Waals surface area (Å²) >= 11 is 1.23. The van der Waals surface area contributed by atoms with E-state index in [1.807, 2.05) is 31.2 Å². The maximum Gasteiger partial charge on any atom is 0.120 e. The third-order valence-corrected chi connectivity index (χ3v) is 3.81. The lowest BCUT2D eigenvalue weighted by atomic mass is 10.1. The predicted octanol–water partition coefficient (Wildman–Crippen LogP) is 2.47. The number of aliphatic hydroxyl groups is 1. The van der Waals surface area contributed by atoms with Gasteiger partial charge >= 0.3 is 0 Å². The summed E-state index contributed by atoms with van der Waals surface area (Å²) in [6, 6.07) is 7.61. The lowest BCUT2D eigenvalue weighted by Crippen LogP contribution is -2.01. The minimum atomic E-state index is -0.673. The maximum atomic E-state index is 10.3. The van der Waals surface area contributed by atoms with E-state index in [0.717, 1.165) is 34.7 Å². The molecule has 1 fully saturated rings. The highest BCUT2D eigenvalue weighted by Crippen LogP contribution is 2.31. The molecule has 1 aliphatic carbocycles. The van der Waals surface area contributed by atoms with E-state index in [0.29, 0.717) is 6.10 Å². The van der Waals surface area contributed by atoms with Gasteiger partial charge in [-0.3, -0.25) is 0 Å². The first-order valence-corrected chi connectivity index (χ1v) is 6.75. The number of aliphatic hydroxyl groups excluding tert-OH is 1. The highest BCUT2D eigenvalue weighted by Gasteiger charge is 2.24. The largest absolute Gasteiger partial charge is 0.490 e. The number of rotatable bonds is 4. The fourth-order valence-corrected chi connectivity index (χ4v) is 2.44. The summed E-state index contributed by atoms with van der Waals surface area (Å²) in [5.41, 5.74) is 1.60. The van der Waals surface area contributed by atoms with Gasteiger partial charge in [-0.1, -0.05) is 16.6 Å². The quantitative estimate of drug-likeness (QED) is 0.919. The molecule has 0 bridgehead atoms. The summed E-state index contributed by atoms with van der Waals surface area (Å²) < 4.78 is 9.57. The summed E-state index contributed by atoms with van der Waals surface area (Å²) in [6.07, 6.45) is 1.95. The van der Waals surface area contributed by atoms with Gasteiger partial charge in [0.25, 0.3) is 0 Å². The molecule has 5 heteroatoms. The normalized spacial score (nSPS) is 16.6. The Bertz CT molecular complexity index is 551. The van der Waals surface area contributed by atoms with Crippen LogP contribution in [0.2, 0.25) is 0 Å². The fourth-order valence-electron chi connectivity index (χ4n) is 1.78. The van der Waals surface area contributed by atoms with Crippen molar-refractivity contribution >= 4 is 11.5 Å². The molecule has 0 amide bonds. The molecule has 1 saturated carbocycles. The van der Waals surface area contributed by atoms with Crippen molar-refractivity contribution in [3.63, 3.8) is 0 Å². The number of nitrogens with zero attached hydrogens (tertiary/aromatic N) is 2. The molecule has 1 aromatic carbocycles. The van der Waals surface area contributed by atoms with E-state index in [9.17, 15) is 5.11 Å². The van der Waals surface area contributed by atoms with Crippen LogP contribution in [0, 0.1) is 6.92 Å². The topological polar surface area (TPSA) is 55.2 Å². The summed E-state index contributed by atoms with van der Waals surface area (Å²) in [7, 11) is 0. The van der Waals surface area contributed by atoms with Crippen LogP contribution in [0.5, 0.6) is 5.75 Å². The minimum absolute atomic E-state index is 0.365. The number of benzene rings is 1. The Balaban J connectivity index is 1.84. The standard InChI is InChI=1S/C13H14N2O2S/c1-8-13(18-15-14-8)12(16)9-3-2-4-11(7-9)17-10-5-6-10/h2-4,7,10,12,16H,5-6H2,1H3. The predicted molar refractivity (Wildman–Crippen MR) is 68.8 cm³/mol. The van der Waals surface area contributed by atoms with Crippen molar-refractivity contribution in [1.82, 2.24) is 9.59 Å². The minimum Gasteiger partial charge on any atom is -0.490 e. The van der Waals surface area contributed by atoms with Crippen LogP contribution in [0.15, 0.2) is 24.3 Å². The molecule has 0 saturated heterocycles. The Kier molecular flexibility index (Phi) is 3.01. The second-order valence-electron chi connectivity index (χ2n) is 4.51. The molecule has 1 aliphatic rings. The highest BCUT2D eigenvalue weighted by molar-refractivity contribution is 7.05. The van der Waals surface area contributed by atoms with Gasteiger partial charge in [0.15, 0.2) is 0 Å². The highest BCUT2D eigenvalue weighted by atomic mass is 32.1. The zero-order valence-electron chi connectivity index (χ0n) is 10.0. The van der Waals surface area contributed by atoms with Crippen molar-refractivity contribution in [2.24, 2.45) is 0 Å². The smallest absolute Gasteiger partial charge is 0.120 e. The van der Waals surface area contributed by atoms with E-state index in [2.05, 4.69) is 9.59 Å². The number of aryl methyl sites for hydroxylation is 1. The molecule has 3 rings (SSSR count). The van der Waals surface area contributed by atoms with E-state index < -0.39 is 6.10 Å². The average molecular weight is 262 g/mol.